The van der Waals surface area contributed by atoms with E-state index in [9.17, 15) is 9.59 Å². The van der Waals surface area contributed by atoms with Gasteiger partial charge in [-0.2, -0.15) is 0 Å². The predicted molar refractivity (Wildman–Crippen MR) is 84.4 cm³/mol. The summed E-state index contributed by atoms with van der Waals surface area (Å²) in [6.07, 6.45) is 0.281. The molecular weight excluding hydrogens is 298 g/mol. The number of aryl methyl sites for hydroxylation is 1. The SMILES string of the molecule is CCN1C(=O)CCc2cc(N3C[C@H](CN=[N+]=[N-])OC3=O)ccc21. The number of azide groups is 1. The number of nitrogens with zero attached hydrogens (tertiary/aromatic N) is 5. The predicted octanol–water partition coefficient (Wildman–Crippen LogP) is 2.62. The molecule has 0 aliphatic carbocycles. The fourth-order valence-corrected chi connectivity index (χ4v) is 3.02. The van der Waals surface area contributed by atoms with E-state index in [1.165, 1.54) is 4.90 Å². The second kappa shape index (κ2) is 6.18. The zero-order valence-electron chi connectivity index (χ0n) is 12.8. The van der Waals surface area contributed by atoms with Crippen LogP contribution in [0.15, 0.2) is 23.3 Å². The van der Waals surface area contributed by atoms with Crippen molar-refractivity contribution in [2.75, 3.05) is 29.4 Å². The molecule has 1 aromatic carbocycles. The highest BCUT2D eigenvalue weighted by Gasteiger charge is 2.33. The number of hydrogen-bond donors (Lipinski definition) is 0. The topological polar surface area (TPSA) is 98.6 Å². The third kappa shape index (κ3) is 2.80. The molecule has 2 aliphatic rings. The number of ether oxygens (including phenoxy) is 1. The first-order valence-electron chi connectivity index (χ1n) is 7.56. The molecule has 0 spiro atoms. The molecule has 0 aromatic heterocycles. The van der Waals surface area contributed by atoms with Gasteiger partial charge in [0.05, 0.1) is 13.1 Å². The van der Waals surface area contributed by atoms with Crippen LogP contribution in [0.2, 0.25) is 0 Å². The number of carbonyl (C=O) groups excluding carboxylic acids is 2. The highest BCUT2D eigenvalue weighted by molar-refractivity contribution is 5.97. The van der Waals surface area contributed by atoms with Crippen LogP contribution in [0.4, 0.5) is 16.2 Å². The molecular formula is C15H17N5O3. The van der Waals surface area contributed by atoms with Crippen molar-refractivity contribution < 1.29 is 14.3 Å². The number of rotatable bonds is 4. The van der Waals surface area contributed by atoms with Crippen LogP contribution in [0, 0.1) is 0 Å². The Morgan fingerprint density at radius 3 is 2.96 bits per heavy atom. The minimum absolute atomic E-state index is 0.127. The van der Waals surface area contributed by atoms with Crippen molar-refractivity contribution in [1.29, 1.82) is 0 Å². The summed E-state index contributed by atoms with van der Waals surface area (Å²) in [5.74, 6) is 0.128. The van der Waals surface area contributed by atoms with E-state index < -0.39 is 12.2 Å². The Hall–Kier alpha value is -2.73. The highest BCUT2D eigenvalue weighted by Crippen LogP contribution is 2.32. The van der Waals surface area contributed by atoms with Crippen LogP contribution in [-0.4, -0.2) is 37.7 Å². The minimum atomic E-state index is -0.442. The van der Waals surface area contributed by atoms with E-state index in [1.54, 1.807) is 4.90 Å². The third-order valence-electron chi connectivity index (χ3n) is 4.11. The number of cyclic esters (lactones) is 1. The van der Waals surface area contributed by atoms with E-state index in [1.807, 2.05) is 25.1 Å². The van der Waals surface area contributed by atoms with Crippen LogP contribution in [0.3, 0.4) is 0 Å². The quantitative estimate of drug-likeness (QED) is 0.485. The van der Waals surface area contributed by atoms with Crippen molar-refractivity contribution in [3.63, 3.8) is 0 Å². The molecule has 3 rings (SSSR count). The van der Waals surface area contributed by atoms with Gasteiger partial charge in [-0.25, -0.2) is 4.79 Å². The third-order valence-corrected chi connectivity index (χ3v) is 4.11. The summed E-state index contributed by atoms with van der Waals surface area (Å²) in [5, 5.41) is 3.45. The van der Waals surface area contributed by atoms with Gasteiger partial charge in [0, 0.05) is 29.3 Å². The van der Waals surface area contributed by atoms with E-state index in [4.69, 9.17) is 10.3 Å². The lowest BCUT2D eigenvalue weighted by Gasteiger charge is -2.29. The molecule has 0 saturated carbocycles. The number of anilines is 2. The number of benzene rings is 1. The molecule has 8 nitrogen and oxygen atoms in total. The Bertz CT molecular complexity index is 698. The zero-order chi connectivity index (χ0) is 16.4. The zero-order valence-corrected chi connectivity index (χ0v) is 12.8. The monoisotopic (exact) mass is 315 g/mol. The molecule has 8 heteroatoms. The Balaban J connectivity index is 1.84. The Morgan fingerprint density at radius 1 is 1.39 bits per heavy atom. The molecule has 0 bridgehead atoms. The van der Waals surface area contributed by atoms with Crippen LogP contribution in [0.5, 0.6) is 0 Å². The molecule has 2 heterocycles. The Morgan fingerprint density at radius 2 is 2.22 bits per heavy atom. The average Bonchev–Trinajstić information content (AvgIpc) is 2.93. The van der Waals surface area contributed by atoms with Gasteiger partial charge in [-0.3, -0.25) is 9.69 Å². The lowest BCUT2D eigenvalue weighted by atomic mass is 10.00. The first kappa shape index (κ1) is 15.2. The summed E-state index contributed by atoms with van der Waals surface area (Å²) in [4.78, 5) is 29.9. The molecule has 0 N–H and O–H groups in total. The first-order chi connectivity index (χ1) is 11.1. The standard InChI is InChI=1S/C15H17N5O3/c1-2-19-13-5-4-11(7-10(13)3-6-14(19)21)20-9-12(8-17-18-16)23-15(20)22/h4-5,7,12H,2-3,6,8-9H2,1H3/t12-/m0/s1. The van der Waals surface area contributed by atoms with E-state index in [0.717, 1.165) is 16.9 Å². The van der Waals surface area contributed by atoms with Crippen LogP contribution in [0.25, 0.3) is 10.4 Å². The van der Waals surface area contributed by atoms with Crippen molar-refractivity contribution in [1.82, 2.24) is 0 Å². The highest BCUT2D eigenvalue weighted by atomic mass is 16.6. The fraction of sp³-hybridized carbons (Fsp3) is 0.467. The van der Waals surface area contributed by atoms with Gasteiger partial charge in [-0.15, -0.1) is 0 Å². The molecule has 0 radical (unpaired) electrons. The summed E-state index contributed by atoms with van der Waals surface area (Å²) in [6.45, 7) is 3.05. The number of amides is 2. The van der Waals surface area contributed by atoms with Gasteiger partial charge in [0.15, 0.2) is 0 Å². The van der Waals surface area contributed by atoms with Crippen LogP contribution in [0.1, 0.15) is 18.9 Å². The van der Waals surface area contributed by atoms with Gasteiger partial charge in [-0.1, -0.05) is 5.11 Å². The lowest BCUT2D eigenvalue weighted by Crippen LogP contribution is -2.35. The van der Waals surface area contributed by atoms with E-state index in [2.05, 4.69) is 10.0 Å². The van der Waals surface area contributed by atoms with E-state index in [0.29, 0.717) is 25.9 Å². The summed E-state index contributed by atoms with van der Waals surface area (Å²) in [5.41, 5.74) is 11.0. The molecule has 1 atom stereocenters. The molecule has 1 fully saturated rings. The fourth-order valence-electron chi connectivity index (χ4n) is 3.02. The number of fused-ring (bicyclic) bond motifs is 1. The molecule has 23 heavy (non-hydrogen) atoms. The second-order valence-corrected chi connectivity index (χ2v) is 5.48. The minimum Gasteiger partial charge on any atom is -0.444 e. The van der Waals surface area contributed by atoms with Gasteiger partial charge < -0.3 is 9.64 Å². The van der Waals surface area contributed by atoms with Crippen molar-refractivity contribution >= 4 is 23.4 Å². The summed E-state index contributed by atoms with van der Waals surface area (Å²) >= 11 is 0. The normalized spacial score (nSPS) is 20.1. The molecule has 1 aromatic rings. The van der Waals surface area contributed by atoms with E-state index in [-0.39, 0.29) is 12.5 Å². The van der Waals surface area contributed by atoms with Gasteiger partial charge in [0.1, 0.15) is 6.10 Å². The maximum Gasteiger partial charge on any atom is 0.414 e. The molecule has 1 saturated heterocycles. The molecule has 2 aliphatic heterocycles. The largest absolute Gasteiger partial charge is 0.444 e. The second-order valence-electron chi connectivity index (χ2n) is 5.48. The van der Waals surface area contributed by atoms with Gasteiger partial charge in [-0.05, 0) is 42.6 Å². The number of hydrogen-bond acceptors (Lipinski definition) is 4. The lowest BCUT2D eigenvalue weighted by molar-refractivity contribution is -0.118. The van der Waals surface area contributed by atoms with Gasteiger partial charge in [0.2, 0.25) is 5.91 Å². The Kier molecular flexibility index (Phi) is 4.08. The van der Waals surface area contributed by atoms with Crippen molar-refractivity contribution in [2.45, 2.75) is 25.9 Å². The molecule has 0 unspecified atom stereocenters. The van der Waals surface area contributed by atoms with Crippen LogP contribution in [-0.2, 0) is 16.0 Å². The maximum absolute atomic E-state index is 12.0. The number of carbonyl (C=O) groups is 2. The maximum atomic E-state index is 12.0. The van der Waals surface area contributed by atoms with E-state index >= 15 is 0 Å². The van der Waals surface area contributed by atoms with Crippen molar-refractivity contribution in [2.24, 2.45) is 5.11 Å². The van der Waals surface area contributed by atoms with Gasteiger partial charge in [0.25, 0.3) is 0 Å². The molecule has 120 valence electrons. The average molecular weight is 315 g/mol. The van der Waals surface area contributed by atoms with Gasteiger partial charge >= 0.3 is 6.09 Å². The van der Waals surface area contributed by atoms with Crippen molar-refractivity contribution in [3.8, 4) is 0 Å². The van der Waals surface area contributed by atoms with Crippen molar-refractivity contribution in [3.05, 3.63) is 34.2 Å². The molecule has 2 amide bonds. The van der Waals surface area contributed by atoms with Crippen LogP contribution < -0.4 is 9.80 Å². The summed E-state index contributed by atoms with van der Waals surface area (Å²) in [6, 6.07) is 5.62. The first-order valence-corrected chi connectivity index (χ1v) is 7.56. The van der Waals surface area contributed by atoms with Crippen LogP contribution >= 0.6 is 0 Å². The Labute approximate surface area is 133 Å². The smallest absolute Gasteiger partial charge is 0.414 e. The summed E-state index contributed by atoms with van der Waals surface area (Å²) < 4.78 is 5.19. The summed E-state index contributed by atoms with van der Waals surface area (Å²) in [7, 11) is 0.